The van der Waals surface area contributed by atoms with Crippen molar-refractivity contribution in [3.05, 3.63) is 75.3 Å². The number of hydrogen-bond donors (Lipinski definition) is 1. The average Bonchev–Trinajstić information content (AvgIpc) is 3.14. The Bertz CT molecular complexity index is 1000. The molecule has 0 saturated heterocycles. The Morgan fingerprint density at radius 3 is 2.93 bits per heavy atom. The molecule has 1 aliphatic rings. The van der Waals surface area contributed by atoms with Crippen molar-refractivity contribution in [2.45, 2.75) is 19.5 Å². The normalized spacial score (nSPS) is 13.8. The summed E-state index contributed by atoms with van der Waals surface area (Å²) in [6.07, 6.45) is 1.05. The van der Waals surface area contributed by atoms with Crippen molar-refractivity contribution in [2.75, 3.05) is 19.0 Å². The molecule has 7 heteroatoms. The van der Waals surface area contributed by atoms with Crippen molar-refractivity contribution in [3.63, 3.8) is 0 Å². The van der Waals surface area contributed by atoms with Gasteiger partial charge in [-0.15, -0.1) is 11.3 Å². The number of nitrogens with zero attached hydrogens (tertiary/aromatic N) is 2. The van der Waals surface area contributed by atoms with E-state index >= 15 is 0 Å². The number of nitrogens with one attached hydrogen (secondary N) is 1. The highest BCUT2D eigenvalue weighted by Crippen LogP contribution is 2.26. The smallest absolute Gasteiger partial charge is 0.261 e. The van der Waals surface area contributed by atoms with E-state index in [4.69, 9.17) is 16.3 Å². The van der Waals surface area contributed by atoms with E-state index in [1.54, 1.807) is 18.2 Å². The Kier molecular flexibility index (Phi) is 5.62. The van der Waals surface area contributed by atoms with Crippen molar-refractivity contribution in [2.24, 2.45) is 0 Å². The maximum atomic E-state index is 12.6. The number of rotatable bonds is 5. The average molecular weight is 414 g/mol. The summed E-state index contributed by atoms with van der Waals surface area (Å²) >= 11 is 7.44. The van der Waals surface area contributed by atoms with Crippen molar-refractivity contribution in [3.8, 4) is 5.75 Å². The molecule has 0 radical (unpaired) electrons. The Labute approximate surface area is 172 Å². The van der Waals surface area contributed by atoms with Gasteiger partial charge in [-0.1, -0.05) is 35.9 Å². The van der Waals surface area contributed by atoms with Gasteiger partial charge in [-0.05, 0) is 35.7 Å². The van der Waals surface area contributed by atoms with Gasteiger partial charge < -0.3 is 4.74 Å². The summed E-state index contributed by atoms with van der Waals surface area (Å²) < 4.78 is 5.25. The zero-order valence-corrected chi connectivity index (χ0v) is 17.0. The fraction of sp³-hybridized carbons (Fsp3) is 0.238. The number of ether oxygens (including phenoxy) is 1. The zero-order valence-electron chi connectivity index (χ0n) is 15.4. The van der Waals surface area contributed by atoms with Gasteiger partial charge in [0.2, 0.25) is 0 Å². The summed E-state index contributed by atoms with van der Waals surface area (Å²) in [5, 5.41) is 5.89. The molecule has 0 saturated carbocycles. The van der Waals surface area contributed by atoms with Gasteiger partial charge in [0.1, 0.15) is 5.75 Å². The van der Waals surface area contributed by atoms with E-state index in [-0.39, 0.29) is 5.91 Å². The number of aromatic nitrogens is 1. The lowest BCUT2D eigenvalue weighted by molar-refractivity contribution is 0.102. The summed E-state index contributed by atoms with van der Waals surface area (Å²) in [5.74, 6) is 0.192. The number of halogens is 1. The third-order valence-corrected chi connectivity index (χ3v) is 5.82. The van der Waals surface area contributed by atoms with Gasteiger partial charge in [0, 0.05) is 30.0 Å². The molecule has 144 valence electrons. The van der Waals surface area contributed by atoms with Crippen LogP contribution in [-0.4, -0.2) is 29.4 Å². The molecule has 0 aliphatic carbocycles. The summed E-state index contributed by atoms with van der Waals surface area (Å²) in [5.41, 5.74) is 4.16. The summed E-state index contributed by atoms with van der Waals surface area (Å²) in [6.45, 7) is 2.70. The predicted octanol–water partition coefficient (Wildman–Crippen LogP) is 4.62. The monoisotopic (exact) mass is 413 g/mol. The fourth-order valence-corrected chi connectivity index (χ4v) is 4.25. The molecule has 1 amide bonds. The van der Waals surface area contributed by atoms with Crippen LogP contribution in [0.5, 0.6) is 5.75 Å². The Morgan fingerprint density at radius 2 is 2.11 bits per heavy atom. The molecule has 0 bridgehead atoms. The van der Waals surface area contributed by atoms with Crippen molar-refractivity contribution in [1.82, 2.24) is 9.88 Å². The van der Waals surface area contributed by atoms with Gasteiger partial charge in [0.25, 0.3) is 5.91 Å². The Balaban J connectivity index is 1.41. The molecular weight excluding hydrogens is 394 g/mol. The van der Waals surface area contributed by atoms with E-state index in [9.17, 15) is 4.79 Å². The van der Waals surface area contributed by atoms with Gasteiger partial charge in [0.15, 0.2) is 5.13 Å². The van der Waals surface area contributed by atoms with E-state index in [0.29, 0.717) is 21.5 Å². The van der Waals surface area contributed by atoms with Crippen LogP contribution in [0, 0.1) is 0 Å². The second-order valence-electron chi connectivity index (χ2n) is 6.67. The van der Waals surface area contributed by atoms with Crippen LogP contribution in [0.1, 0.15) is 27.2 Å². The number of thiazole rings is 1. The Hall–Kier alpha value is -2.41. The van der Waals surface area contributed by atoms with E-state index in [1.165, 1.54) is 29.6 Å². The third-order valence-electron chi connectivity index (χ3n) is 4.77. The molecule has 1 aromatic heterocycles. The van der Waals surface area contributed by atoms with Crippen LogP contribution < -0.4 is 10.1 Å². The first kappa shape index (κ1) is 18.9. The lowest BCUT2D eigenvalue weighted by atomic mass is 10.00. The summed E-state index contributed by atoms with van der Waals surface area (Å²) in [7, 11) is 1.53. The standard InChI is InChI=1S/C21H20ClN3O2S/c1-27-19-7-6-16(22)10-18(19)20(26)24-21-23-17(13-28-21)12-25-9-8-14-4-2-3-5-15(14)11-25/h2-7,10,13H,8-9,11-12H2,1H3,(H,23,24,26). The number of anilines is 1. The molecule has 3 aromatic rings. The minimum atomic E-state index is -0.285. The van der Waals surface area contributed by atoms with Gasteiger partial charge >= 0.3 is 0 Å². The SMILES string of the molecule is COc1ccc(Cl)cc1C(=O)Nc1nc(CN2CCc3ccccc3C2)cs1. The van der Waals surface area contributed by atoms with Gasteiger partial charge in [-0.2, -0.15) is 0 Å². The van der Waals surface area contributed by atoms with Crippen LogP contribution >= 0.6 is 22.9 Å². The van der Waals surface area contributed by atoms with Crippen LogP contribution in [0.4, 0.5) is 5.13 Å². The van der Waals surface area contributed by atoms with Crippen molar-refractivity contribution >= 4 is 34.0 Å². The lowest BCUT2D eigenvalue weighted by Gasteiger charge is -2.27. The minimum absolute atomic E-state index is 0.285. The molecule has 0 atom stereocenters. The first-order valence-electron chi connectivity index (χ1n) is 9.01. The van der Waals surface area contributed by atoms with Crippen LogP contribution in [-0.2, 0) is 19.5 Å². The third kappa shape index (κ3) is 4.19. The maximum absolute atomic E-state index is 12.6. The van der Waals surface area contributed by atoms with E-state index in [1.807, 2.05) is 5.38 Å². The van der Waals surface area contributed by atoms with Crippen LogP contribution in [0.15, 0.2) is 47.8 Å². The molecule has 0 spiro atoms. The number of carbonyl (C=O) groups is 1. The highest BCUT2D eigenvalue weighted by Gasteiger charge is 2.18. The van der Waals surface area contributed by atoms with Crippen molar-refractivity contribution in [1.29, 1.82) is 0 Å². The van der Waals surface area contributed by atoms with Gasteiger partial charge in [-0.25, -0.2) is 4.98 Å². The number of fused-ring (bicyclic) bond motifs is 1. The number of benzene rings is 2. The number of hydrogen-bond acceptors (Lipinski definition) is 5. The topological polar surface area (TPSA) is 54.5 Å². The van der Waals surface area contributed by atoms with Gasteiger partial charge in [0.05, 0.1) is 18.4 Å². The highest BCUT2D eigenvalue weighted by molar-refractivity contribution is 7.14. The maximum Gasteiger partial charge on any atom is 0.261 e. The predicted molar refractivity (Wildman–Crippen MR) is 112 cm³/mol. The van der Waals surface area contributed by atoms with E-state index in [2.05, 4.69) is 39.5 Å². The van der Waals surface area contributed by atoms with Crippen molar-refractivity contribution < 1.29 is 9.53 Å². The molecule has 1 N–H and O–H groups in total. The quantitative estimate of drug-likeness (QED) is 0.663. The molecule has 5 nitrogen and oxygen atoms in total. The first-order chi connectivity index (χ1) is 13.6. The van der Waals surface area contributed by atoms with Crippen LogP contribution in [0.2, 0.25) is 5.02 Å². The largest absolute Gasteiger partial charge is 0.496 e. The lowest BCUT2D eigenvalue weighted by Crippen LogP contribution is -2.30. The van der Waals surface area contributed by atoms with E-state index < -0.39 is 0 Å². The second kappa shape index (κ2) is 8.31. The number of methoxy groups -OCH3 is 1. The summed E-state index contributed by atoms with van der Waals surface area (Å²) in [6, 6.07) is 13.5. The van der Waals surface area contributed by atoms with Crippen LogP contribution in [0.25, 0.3) is 0 Å². The molecule has 2 aromatic carbocycles. The molecule has 2 heterocycles. The summed E-state index contributed by atoms with van der Waals surface area (Å²) in [4.78, 5) is 19.5. The zero-order chi connectivity index (χ0) is 19.5. The fourth-order valence-electron chi connectivity index (χ4n) is 3.38. The molecule has 1 aliphatic heterocycles. The number of carbonyl (C=O) groups excluding carboxylic acids is 1. The molecular formula is C21H20ClN3O2S. The van der Waals surface area contributed by atoms with Crippen LogP contribution in [0.3, 0.4) is 0 Å². The first-order valence-corrected chi connectivity index (χ1v) is 10.3. The molecule has 0 fully saturated rings. The minimum Gasteiger partial charge on any atom is -0.496 e. The number of amides is 1. The Morgan fingerprint density at radius 1 is 1.29 bits per heavy atom. The van der Waals surface area contributed by atoms with Gasteiger partial charge in [-0.3, -0.25) is 15.0 Å². The molecule has 0 unspecified atom stereocenters. The second-order valence-corrected chi connectivity index (χ2v) is 7.97. The molecule has 4 rings (SSSR count). The molecule has 28 heavy (non-hydrogen) atoms. The highest BCUT2D eigenvalue weighted by atomic mass is 35.5. The van der Waals surface area contributed by atoms with E-state index in [0.717, 1.165) is 31.7 Å².